The molecule has 9 nitrogen and oxygen atoms in total. The molecule has 0 aromatic rings. The van der Waals surface area contributed by atoms with Crippen LogP contribution in [-0.2, 0) is 28.7 Å². The van der Waals surface area contributed by atoms with Gasteiger partial charge >= 0.3 is 17.9 Å². The van der Waals surface area contributed by atoms with Crippen molar-refractivity contribution in [3.63, 3.8) is 0 Å². The van der Waals surface area contributed by atoms with Crippen LogP contribution in [0.4, 0.5) is 0 Å². The van der Waals surface area contributed by atoms with Crippen LogP contribution in [0.1, 0.15) is 90.9 Å². The Labute approximate surface area is 184 Å². The minimum absolute atomic E-state index is 0.127. The molecule has 2 atom stereocenters. The van der Waals surface area contributed by atoms with Crippen LogP contribution < -0.4 is 5.32 Å². The van der Waals surface area contributed by atoms with Gasteiger partial charge in [0.15, 0.2) is 0 Å². The average Bonchev–Trinajstić information content (AvgIpc) is 2.71. The van der Waals surface area contributed by atoms with E-state index in [-0.39, 0.29) is 25.9 Å². The molecule has 0 aromatic carbocycles. The van der Waals surface area contributed by atoms with Crippen LogP contribution in [0.15, 0.2) is 0 Å². The van der Waals surface area contributed by atoms with Gasteiger partial charge in [-0.2, -0.15) is 0 Å². The fraction of sp³-hybridized carbons (Fsp3) is 0.818. The number of ether oxygens (including phenoxy) is 2. The van der Waals surface area contributed by atoms with Crippen LogP contribution in [0.5, 0.6) is 0 Å². The van der Waals surface area contributed by atoms with E-state index in [0.717, 1.165) is 19.3 Å². The number of aliphatic hydroxyl groups is 1. The van der Waals surface area contributed by atoms with Crippen molar-refractivity contribution in [3.8, 4) is 0 Å². The Morgan fingerprint density at radius 2 is 1.39 bits per heavy atom. The van der Waals surface area contributed by atoms with Gasteiger partial charge in [-0.1, -0.05) is 58.3 Å². The number of hydrogen-bond acceptors (Lipinski definition) is 7. The maximum absolute atomic E-state index is 12.0. The standard InChI is InChI=1S/C22H39NO8/c1-3-4-5-6-7-8-9-10-11-12-21(28)30-15-18(25)16-31-22(29)19(23-17(2)24)13-14-20(26)27/h18-19,25H,3-16H2,1-2H3,(H,23,24)(H,26,27)/t18?,19-/m0/s1. The second kappa shape index (κ2) is 18.6. The lowest BCUT2D eigenvalue weighted by Gasteiger charge is -2.17. The van der Waals surface area contributed by atoms with Gasteiger partial charge in [0, 0.05) is 19.8 Å². The predicted octanol–water partition coefficient (Wildman–Crippen LogP) is 2.72. The van der Waals surface area contributed by atoms with E-state index >= 15 is 0 Å². The fourth-order valence-corrected chi connectivity index (χ4v) is 2.93. The van der Waals surface area contributed by atoms with Gasteiger partial charge in [-0.15, -0.1) is 0 Å². The van der Waals surface area contributed by atoms with Gasteiger partial charge in [-0.25, -0.2) is 4.79 Å². The molecule has 0 rings (SSSR count). The van der Waals surface area contributed by atoms with Crippen molar-refractivity contribution in [2.75, 3.05) is 13.2 Å². The molecule has 0 aromatic heterocycles. The summed E-state index contributed by atoms with van der Waals surface area (Å²) >= 11 is 0. The highest BCUT2D eigenvalue weighted by Gasteiger charge is 2.23. The van der Waals surface area contributed by atoms with E-state index in [1.807, 2.05) is 0 Å². The lowest BCUT2D eigenvalue weighted by molar-refractivity contribution is -0.155. The summed E-state index contributed by atoms with van der Waals surface area (Å²) in [6.07, 6.45) is 8.91. The molecule has 3 N–H and O–H groups in total. The van der Waals surface area contributed by atoms with Crippen molar-refractivity contribution in [2.24, 2.45) is 0 Å². The lowest BCUT2D eigenvalue weighted by atomic mass is 10.1. The Morgan fingerprint density at radius 3 is 1.94 bits per heavy atom. The molecule has 0 heterocycles. The molecule has 31 heavy (non-hydrogen) atoms. The monoisotopic (exact) mass is 445 g/mol. The Bertz CT molecular complexity index is 538. The Balaban J connectivity index is 3.91. The third kappa shape index (κ3) is 18.3. The number of rotatable bonds is 19. The van der Waals surface area contributed by atoms with Gasteiger partial charge < -0.3 is 25.0 Å². The average molecular weight is 446 g/mol. The number of esters is 2. The summed E-state index contributed by atoms with van der Waals surface area (Å²) in [5, 5.41) is 20.8. The number of carboxylic acids is 1. The molecule has 0 aliphatic carbocycles. The second-order valence-electron chi connectivity index (χ2n) is 7.73. The number of carbonyl (C=O) groups excluding carboxylic acids is 3. The zero-order chi connectivity index (χ0) is 23.5. The smallest absolute Gasteiger partial charge is 0.328 e. The van der Waals surface area contributed by atoms with Crippen molar-refractivity contribution in [1.82, 2.24) is 5.32 Å². The van der Waals surface area contributed by atoms with Crippen LogP contribution >= 0.6 is 0 Å². The molecular formula is C22H39NO8. The van der Waals surface area contributed by atoms with Crippen molar-refractivity contribution < 1.29 is 38.9 Å². The Kier molecular flexibility index (Phi) is 17.3. The van der Waals surface area contributed by atoms with E-state index in [0.29, 0.717) is 0 Å². The highest BCUT2D eigenvalue weighted by atomic mass is 16.6. The normalized spacial score (nSPS) is 12.6. The van der Waals surface area contributed by atoms with Gasteiger partial charge in [0.2, 0.25) is 5.91 Å². The number of hydrogen-bond donors (Lipinski definition) is 3. The summed E-state index contributed by atoms with van der Waals surface area (Å²) in [4.78, 5) is 45.5. The predicted molar refractivity (Wildman–Crippen MR) is 114 cm³/mol. The quantitative estimate of drug-likeness (QED) is 0.204. The van der Waals surface area contributed by atoms with Gasteiger partial charge in [-0.05, 0) is 12.8 Å². The molecule has 0 spiro atoms. The molecule has 0 aliphatic heterocycles. The van der Waals surface area contributed by atoms with Crippen molar-refractivity contribution in [2.45, 2.75) is 103 Å². The highest BCUT2D eigenvalue weighted by molar-refractivity contribution is 5.83. The first kappa shape index (κ1) is 28.8. The summed E-state index contributed by atoms with van der Waals surface area (Å²) in [6.45, 7) is 2.67. The number of nitrogens with one attached hydrogen (secondary N) is 1. The molecule has 1 unspecified atom stereocenters. The maximum atomic E-state index is 12.0. The van der Waals surface area contributed by atoms with Crippen LogP contribution in [-0.4, -0.2) is 59.4 Å². The number of carboxylic acid groups (broad SMARTS) is 1. The molecular weight excluding hydrogens is 406 g/mol. The molecule has 0 saturated heterocycles. The van der Waals surface area contributed by atoms with Gasteiger partial charge in [0.05, 0.1) is 0 Å². The largest absolute Gasteiger partial charge is 0.481 e. The van der Waals surface area contributed by atoms with E-state index in [9.17, 15) is 24.3 Å². The van der Waals surface area contributed by atoms with Gasteiger partial charge in [0.1, 0.15) is 25.4 Å². The van der Waals surface area contributed by atoms with Crippen LogP contribution in [0, 0.1) is 0 Å². The van der Waals surface area contributed by atoms with Crippen LogP contribution in [0.3, 0.4) is 0 Å². The summed E-state index contributed by atoms with van der Waals surface area (Å²) in [7, 11) is 0. The molecule has 180 valence electrons. The molecule has 0 aliphatic rings. The minimum Gasteiger partial charge on any atom is -0.481 e. The third-order valence-electron chi connectivity index (χ3n) is 4.65. The van der Waals surface area contributed by atoms with E-state index in [2.05, 4.69) is 12.2 Å². The summed E-state index contributed by atoms with van der Waals surface area (Å²) in [5.74, 6) is -2.87. The van der Waals surface area contributed by atoms with Gasteiger partial charge in [-0.3, -0.25) is 14.4 Å². The molecule has 0 bridgehead atoms. The summed E-state index contributed by atoms with van der Waals surface area (Å²) < 4.78 is 9.89. The van der Waals surface area contributed by atoms with E-state index in [4.69, 9.17) is 14.6 Å². The number of amides is 1. The van der Waals surface area contributed by atoms with Crippen molar-refractivity contribution >= 4 is 23.8 Å². The Morgan fingerprint density at radius 1 is 0.839 bits per heavy atom. The number of unbranched alkanes of at least 4 members (excludes halogenated alkanes) is 8. The third-order valence-corrected chi connectivity index (χ3v) is 4.65. The van der Waals surface area contributed by atoms with E-state index in [1.54, 1.807) is 0 Å². The summed E-state index contributed by atoms with van der Waals surface area (Å²) in [5.41, 5.74) is 0. The second-order valence-corrected chi connectivity index (χ2v) is 7.73. The van der Waals surface area contributed by atoms with Gasteiger partial charge in [0.25, 0.3) is 0 Å². The first-order chi connectivity index (χ1) is 14.8. The molecule has 1 amide bonds. The SMILES string of the molecule is CCCCCCCCCCCC(=O)OCC(O)COC(=O)[C@H](CCC(=O)O)NC(C)=O. The molecule has 0 fully saturated rings. The number of aliphatic carboxylic acids is 1. The Hall–Kier alpha value is -2.16. The number of aliphatic hydroxyl groups excluding tert-OH is 1. The van der Waals surface area contributed by atoms with E-state index < -0.39 is 42.6 Å². The molecule has 0 radical (unpaired) electrons. The first-order valence-corrected chi connectivity index (χ1v) is 11.3. The highest BCUT2D eigenvalue weighted by Crippen LogP contribution is 2.11. The zero-order valence-corrected chi connectivity index (χ0v) is 18.9. The van der Waals surface area contributed by atoms with Crippen molar-refractivity contribution in [3.05, 3.63) is 0 Å². The lowest BCUT2D eigenvalue weighted by Crippen LogP contribution is -2.42. The molecule has 9 heteroatoms. The van der Waals surface area contributed by atoms with Crippen LogP contribution in [0.2, 0.25) is 0 Å². The number of carbonyl (C=O) groups is 4. The topological polar surface area (TPSA) is 139 Å². The minimum atomic E-state index is -1.20. The first-order valence-electron chi connectivity index (χ1n) is 11.3. The molecule has 0 saturated carbocycles. The zero-order valence-electron chi connectivity index (χ0n) is 18.9. The van der Waals surface area contributed by atoms with E-state index in [1.165, 1.54) is 45.4 Å². The van der Waals surface area contributed by atoms with Crippen molar-refractivity contribution in [1.29, 1.82) is 0 Å². The maximum Gasteiger partial charge on any atom is 0.328 e. The van der Waals surface area contributed by atoms with Crippen LogP contribution in [0.25, 0.3) is 0 Å². The summed E-state index contributed by atoms with van der Waals surface area (Å²) in [6, 6.07) is -1.12. The fourth-order valence-electron chi connectivity index (χ4n) is 2.93.